The smallest absolute Gasteiger partial charge is 0.308 e. The Labute approximate surface area is 152 Å². The highest BCUT2D eigenvalue weighted by atomic mass is 35.5. The van der Waals surface area contributed by atoms with Gasteiger partial charge in [-0.05, 0) is 36.0 Å². The van der Waals surface area contributed by atoms with Crippen LogP contribution in [-0.4, -0.2) is 16.0 Å². The fraction of sp³-hybridized carbons (Fsp3) is 0.278. The first-order valence-corrected chi connectivity index (χ1v) is 8.07. The SMILES string of the molecule is CC(C)(C)[CH]Cc1ccc(NC(=O)Nc2cnc(C#N)cn2)cc1Cl. The summed E-state index contributed by atoms with van der Waals surface area (Å²) in [7, 11) is 0. The van der Waals surface area contributed by atoms with Crippen LogP contribution in [0.15, 0.2) is 30.6 Å². The largest absolute Gasteiger partial charge is 0.324 e. The lowest BCUT2D eigenvalue weighted by Crippen LogP contribution is -2.20. The van der Waals surface area contributed by atoms with Crippen molar-refractivity contribution in [2.45, 2.75) is 27.2 Å². The van der Waals surface area contributed by atoms with Crippen molar-refractivity contribution >= 4 is 29.1 Å². The minimum atomic E-state index is -0.468. The van der Waals surface area contributed by atoms with E-state index >= 15 is 0 Å². The number of aromatic nitrogens is 2. The summed E-state index contributed by atoms with van der Waals surface area (Å²) in [6.45, 7) is 6.40. The first kappa shape index (κ1) is 18.7. The van der Waals surface area contributed by atoms with E-state index in [1.165, 1.54) is 12.4 Å². The van der Waals surface area contributed by atoms with Crippen LogP contribution in [0.25, 0.3) is 0 Å². The molecule has 0 saturated heterocycles. The molecule has 0 spiro atoms. The Hall–Kier alpha value is -2.65. The van der Waals surface area contributed by atoms with Crippen molar-refractivity contribution < 1.29 is 4.79 Å². The number of anilines is 2. The summed E-state index contributed by atoms with van der Waals surface area (Å²) in [5, 5.41) is 14.5. The summed E-state index contributed by atoms with van der Waals surface area (Å²) >= 11 is 6.29. The number of urea groups is 1. The molecule has 0 saturated carbocycles. The number of hydrogen-bond donors (Lipinski definition) is 2. The first-order valence-electron chi connectivity index (χ1n) is 7.70. The van der Waals surface area contributed by atoms with Crippen LogP contribution in [0.3, 0.4) is 0 Å². The van der Waals surface area contributed by atoms with Gasteiger partial charge in [-0.2, -0.15) is 5.26 Å². The lowest BCUT2D eigenvalue weighted by atomic mass is 9.89. The zero-order chi connectivity index (χ0) is 18.4. The molecule has 0 unspecified atom stereocenters. The van der Waals surface area contributed by atoms with Gasteiger partial charge in [0.25, 0.3) is 0 Å². The molecule has 0 atom stereocenters. The standard InChI is InChI=1S/C18H19ClN5O/c1-18(2,3)7-6-12-4-5-13(8-15(12)19)23-17(25)24-16-11-21-14(9-20)10-22-16/h4-5,7-8,10-11H,6H2,1-3H3,(H2,22,23,24,25). The molecule has 1 aromatic heterocycles. The average molecular weight is 357 g/mol. The lowest BCUT2D eigenvalue weighted by Gasteiger charge is -2.18. The van der Waals surface area contributed by atoms with Gasteiger partial charge in [-0.25, -0.2) is 14.8 Å². The highest BCUT2D eigenvalue weighted by molar-refractivity contribution is 6.31. The van der Waals surface area contributed by atoms with Gasteiger partial charge in [0.05, 0.1) is 12.4 Å². The van der Waals surface area contributed by atoms with E-state index in [4.69, 9.17) is 16.9 Å². The van der Waals surface area contributed by atoms with Crippen molar-refractivity contribution in [1.29, 1.82) is 5.26 Å². The van der Waals surface area contributed by atoms with Gasteiger partial charge in [-0.3, -0.25) is 5.32 Å². The van der Waals surface area contributed by atoms with E-state index < -0.39 is 6.03 Å². The predicted molar refractivity (Wildman–Crippen MR) is 98.3 cm³/mol. The molecule has 0 bridgehead atoms. The molecule has 0 aliphatic carbocycles. The fourth-order valence-electron chi connectivity index (χ4n) is 1.94. The summed E-state index contributed by atoms with van der Waals surface area (Å²) < 4.78 is 0. The van der Waals surface area contributed by atoms with Crippen LogP contribution >= 0.6 is 11.6 Å². The number of nitrogens with one attached hydrogen (secondary N) is 2. The minimum absolute atomic E-state index is 0.113. The van der Waals surface area contributed by atoms with E-state index in [1.54, 1.807) is 12.1 Å². The van der Waals surface area contributed by atoms with Crippen molar-refractivity contribution in [3.8, 4) is 6.07 Å². The first-order chi connectivity index (χ1) is 11.8. The topological polar surface area (TPSA) is 90.7 Å². The van der Waals surface area contributed by atoms with Crippen molar-refractivity contribution in [2.75, 3.05) is 10.6 Å². The molecule has 0 aliphatic heterocycles. The molecule has 25 heavy (non-hydrogen) atoms. The van der Waals surface area contributed by atoms with Crippen molar-refractivity contribution in [2.24, 2.45) is 5.41 Å². The van der Waals surface area contributed by atoms with Gasteiger partial charge < -0.3 is 5.32 Å². The second kappa shape index (κ2) is 7.95. The molecule has 1 radical (unpaired) electrons. The monoisotopic (exact) mass is 356 g/mol. The van der Waals surface area contributed by atoms with Crippen molar-refractivity contribution in [3.05, 3.63) is 53.3 Å². The van der Waals surface area contributed by atoms with Gasteiger partial charge in [-0.1, -0.05) is 38.4 Å². The molecule has 1 heterocycles. The van der Waals surface area contributed by atoms with E-state index in [2.05, 4.69) is 47.8 Å². The van der Waals surface area contributed by atoms with Crippen LogP contribution in [0.4, 0.5) is 16.3 Å². The third-order valence-corrected chi connectivity index (χ3v) is 3.61. The summed E-state index contributed by atoms with van der Waals surface area (Å²) in [5.41, 5.74) is 1.87. The Morgan fingerprint density at radius 3 is 2.60 bits per heavy atom. The molecule has 6 nitrogen and oxygen atoms in total. The zero-order valence-corrected chi connectivity index (χ0v) is 15.1. The van der Waals surface area contributed by atoms with Crippen molar-refractivity contribution in [3.63, 3.8) is 0 Å². The van der Waals surface area contributed by atoms with E-state index in [1.807, 2.05) is 12.1 Å². The molecular formula is C18H19ClN5O. The van der Waals surface area contributed by atoms with Gasteiger partial charge in [0, 0.05) is 10.7 Å². The molecule has 1 aromatic carbocycles. The second-order valence-corrected chi connectivity index (χ2v) is 6.97. The maximum Gasteiger partial charge on any atom is 0.324 e. The Morgan fingerprint density at radius 1 is 1.28 bits per heavy atom. The second-order valence-electron chi connectivity index (χ2n) is 6.56. The van der Waals surface area contributed by atoms with Crippen LogP contribution in [0, 0.1) is 23.2 Å². The van der Waals surface area contributed by atoms with Gasteiger partial charge in [0.1, 0.15) is 6.07 Å². The van der Waals surface area contributed by atoms with Gasteiger partial charge in [-0.15, -0.1) is 0 Å². The van der Waals surface area contributed by atoms with Crippen LogP contribution in [0.2, 0.25) is 5.02 Å². The number of halogens is 1. The Bertz CT molecular complexity index is 791. The number of nitrogens with zero attached hydrogens (tertiary/aromatic N) is 3. The molecule has 0 fully saturated rings. The number of hydrogen-bond acceptors (Lipinski definition) is 4. The molecule has 2 amide bonds. The van der Waals surface area contributed by atoms with Gasteiger partial charge in [0.2, 0.25) is 0 Å². The number of carbonyl (C=O) groups excluding carboxylic acids is 1. The Balaban J connectivity index is 1.96. The fourth-order valence-corrected chi connectivity index (χ4v) is 2.19. The number of benzene rings is 1. The molecule has 129 valence electrons. The van der Waals surface area contributed by atoms with E-state index in [9.17, 15) is 4.79 Å². The number of nitriles is 1. The zero-order valence-electron chi connectivity index (χ0n) is 14.3. The molecule has 2 aromatic rings. The van der Waals surface area contributed by atoms with E-state index in [-0.39, 0.29) is 16.9 Å². The molecule has 2 N–H and O–H groups in total. The summed E-state index contributed by atoms with van der Waals surface area (Å²) in [6, 6.07) is 6.78. The van der Waals surface area contributed by atoms with Crippen LogP contribution < -0.4 is 10.6 Å². The highest BCUT2D eigenvalue weighted by Gasteiger charge is 2.12. The number of rotatable bonds is 4. The molecule has 2 rings (SSSR count). The molecule has 7 heteroatoms. The van der Waals surface area contributed by atoms with E-state index in [0.717, 1.165) is 12.0 Å². The maximum atomic E-state index is 12.0. The predicted octanol–water partition coefficient (Wildman–Crippen LogP) is 4.44. The lowest BCUT2D eigenvalue weighted by molar-refractivity contribution is 0.262. The van der Waals surface area contributed by atoms with E-state index in [0.29, 0.717) is 10.7 Å². The third kappa shape index (κ3) is 6.05. The Morgan fingerprint density at radius 2 is 2.04 bits per heavy atom. The molecule has 0 aliphatic rings. The number of amides is 2. The van der Waals surface area contributed by atoms with Crippen molar-refractivity contribution in [1.82, 2.24) is 9.97 Å². The summed E-state index contributed by atoms with van der Waals surface area (Å²) in [5.74, 6) is 0.249. The summed E-state index contributed by atoms with van der Waals surface area (Å²) in [4.78, 5) is 19.7. The molecular weight excluding hydrogens is 338 g/mol. The third-order valence-electron chi connectivity index (χ3n) is 3.25. The van der Waals surface area contributed by atoms with Crippen LogP contribution in [0.1, 0.15) is 32.0 Å². The Kier molecular flexibility index (Phi) is 5.94. The average Bonchev–Trinajstić information content (AvgIpc) is 2.54. The quantitative estimate of drug-likeness (QED) is 0.847. The van der Waals surface area contributed by atoms with Gasteiger partial charge in [0.15, 0.2) is 11.5 Å². The normalized spacial score (nSPS) is 10.8. The van der Waals surface area contributed by atoms with Gasteiger partial charge >= 0.3 is 6.03 Å². The van der Waals surface area contributed by atoms with Crippen LogP contribution in [-0.2, 0) is 6.42 Å². The maximum absolute atomic E-state index is 12.0. The minimum Gasteiger partial charge on any atom is -0.308 e. The van der Waals surface area contributed by atoms with Crippen LogP contribution in [0.5, 0.6) is 0 Å². The number of carbonyl (C=O) groups is 1. The highest BCUT2D eigenvalue weighted by Crippen LogP contribution is 2.26. The summed E-state index contributed by atoms with van der Waals surface area (Å²) in [6.07, 6.45) is 5.55.